The van der Waals surface area contributed by atoms with Gasteiger partial charge in [-0.2, -0.15) is 4.63 Å². The number of benzene rings is 1. The van der Waals surface area contributed by atoms with E-state index in [2.05, 4.69) is 34.3 Å². The van der Waals surface area contributed by atoms with Gasteiger partial charge >= 0.3 is 0 Å². The molecule has 132 valence electrons. The first kappa shape index (κ1) is 17.2. The van der Waals surface area contributed by atoms with Gasteiger partial charge in [-0.05, 0) is 44.0 Å². The fourth-order valence-corrected chi connectivity index (χ4v) is 2.93. The van der Waals surface area contributed by atoms with E-state index in [1.165, 1.54) is 0 Å². The highest BCUT2D eigenvalue weighted by Gasteiger charge is 2.16. The maximum Gasteiger partial charge on any atom is 0.227 e. The third-order valence-corrected chi connectivity index (χ3v) is 4.44. The molecule has 0 bridgehead atoms. The minimum atomic E-state index is 0.0820. The highest BCUT2D eigenvalue weighted by molar-refractivity contribution is 5.92. The van der Waals surface area contributed by atoms with Gasteiger partial charge in [0.05, 0.1) is 0 Å². The zero-order valence-electron chi connectivity index (χ0n) is 15.0. The lowest BCUT2D eigenvalue weighted by Gasteiger charge is -2.14. The summed E-state index contributed by atoms with van der Waals surface area (Å²) in [6.45, 7) is 6.18. The molecule has 2 heterocycles. The van der Waals surface area contributed by atoms with E-state index in [-0.39, 0.29) is 11.8 Å². The molecule has 1 atom stereocenters. The van der Waals surface area contributed by atoms with Gasteiger partial charge < -0.3 is 5.32 Å². The Morgan fingerprint density at radius 2 is 2.04 bits per heavy atom. The van der Waals surface area contributed by atoms with Crippen LogP contribution in [0.3, 0.4) is 0 Å². The SMILES string of the molecule is CCCCC(CC)C(=O)Nc1ccc(-c2nc3cc(C)[nH]n3n2)cc1. The second-order valence-corrected chi connectivity index (χ2v) is 6.46. The Bertz CT molecular complexity index is 815. The summed E-state index contributed by atoms with van der Waals surface area (Å²) >= 11 is 0. The molecule has 0 aliphatic rings. The Morgan fingerprint density at radius 1 is 1.28 bits per heavy atom. The predicted octanol–water partition coefficient (Wildman–Crippen LogP) is 4.19. The lowest BCUT2D eigenvalue weighted by molar-refractivity contribution is -0.120. The summed E-state index contributed by atoms with van der Waals surface area (Å²) in [7, 11) is 0. The maximum atomic E-state index is 12.4. The van der Waals surface area contributed by atoms with Gasteiger partial charge in [-0.25, -0.2) is 4.98 Å². The van der Waals surface area contributed by atoms with Crippen LogP contribution in [0, 0.1) is 12.8 Å². The number of anilines is 1. The molecular weight excluding hydrogens is 314 g/mol. The van der Waals surface area contributed by atoms with E-state index in [0.717, 1.165) is 48.3 Å². The highest BCUT2D eigenvalue weighted by atomic mass is 16.1. The quantitative estimate of drug-likeness (QED) is 0.678. The fraction of sp³-hybridized carbons (Fsp3) is 0.421. The molecule has 2 aromatic heterocycles. The van der Waals surface area contributed by atoms with Crippen LogP contribution in [0.2, 0.25) is 0 Å². The van der Waals surface area contributed by atoms with Crippen LogP contribution in [0.1, 0.15) is 45.2 Å². The van der Waals surface area contributed by atoms with Gasteiger partial charge in [0.15, 0.2) is 11.5 Å². The van der Waals surface area contributed by atoms with Crippen LogP contribution < -0.4 is 5.32 Å². The number of aryl methyl sites for hydroxylation is 1. The number of nitrogens with zero attached hydrogens (tertiary/aromatic N) is 3. The number of nitrogens with one attached hydrogen (secondary N) is 2. The van der Waals surface area contributed by atoms with Crippen molar-refractivity contribution in [2.45, 2.75) is 46.5 Å². The van der Waals surface area contributed by atoms with Crippen molar-refractivity contribution in [2.24, 2.45) is 5.92 Å². The third-order valence-electron chi connectivity index (χ3n) is 4.44. The van der Waals surface area contributed by atoms with Crippen molar-refractivity contribution in [2.75, 3.05) is 5.32 Å². The van der Waals surface area contributed by atoms with Crippen molar-refractivity contribution in [3.05, 3.63) is 36.0 Å². The molecule has 0 saturated heterocycles. The van der Waals surface area contributed by atoms with Crippen LogP contribution >= 0.6 is 0 Å². The minimum absolute atomic E-state index is 0.0820. The van der Waals surface area contributed by atoms with Gasteiger partial charge in [-0.3, -0.25) is 9.89 Å². The summed E-state index contributed by atoms with van der Waals surface area (Å²) in [5, 5.41) is 10.6. The lowest BCUT2D eigenvalue weighted by atomic mass is 9.98. The Hall–Kier alpha value is -2.63. The summed E-state index contributed by atoms with van der Waals surface area (Å²) in [6.07, 6.45) is 4.02. The average Bonchev–Trinajstić information content (AvgIpc) is 3.13. The first-order valence-electron chi connectivity index (χ1n) is 8.94. The van der Waals surface area contributed by atoms with E-state index in [4.69, 9.17) is 0 Å². The fourth-order valence-electron chi connectivity index (χ4n) is 2.93. The van der Waals surface area contributed by atoms with Crippen LogP contribution in [0.5, 0.6) is 0 Å². The molecule has 1 amide bonds. The number of unbranched alkanes of at least 4 members (excludes halogenated alkanes) is 1. The van der Waals surface area contributed by atoms with Crippen molar-refractivity contribution in [3.63, 3.8) is 0 Å². The van der Waals surface area contributed by atoms with E-state index in [1.807, 2.05) is 37.3 Å². The number of aromatic amines is 1. The Kier molecular flexibility index (Phi) is 5.16. The number of hydrogen-bond acceptors (Lipinski definition) is 3. The number of carbonyl (C=O) groups is 1. The second-order valence-electron chi connectivity index (χ2n) is 6.46. The molecule has 0 radical (unpaired) electrons. The molecule has 3 aromatic rings. The monoisotopic (exact) mass is 339 g/mol. The van der Waals surface area contributed by atoms with E-state index in [0.29, 0.717) is 5.82 Å². The maximum absolute atomic E-state index is 12.4. The number of amides is 1. The topological polar surface area (TPSA) is 75.1 Å². The predicted molar refractivity (Wildman–Crippen MR) is 99.4 cm³/mol. The summed E-state index contributed by atoms with van der Waals surface area (Å²) in [6, 6.07) is 9.63. The Labute approximate surface area is 147 Å². The van der Waals surface area contributed by atoms with E-state index >= 15 is 0 Å². The molecule has 3 rings (SSSR count). The van der Waals surface area contributed by atoms with Gasteiger partial charge in [0.1, 0.15) is 0 Å². The molecule has 2 N–H and O–H groups in total. The zero-order valence-corrected chi connectivity index (χ0v) is 15.0. The Morgan fingerprint density at radius 3 is 2.68 bits per heavy atom. The third kappa shape index (κ3) is 3.90. The molecule has 1 unspecified atom stereocenters. The molecule has 0 aliphatic carbocycles. The average molecular weight is 339 g/mol. The number of rotatable bonds is 7. The molecule has 1 aromatic carbocycles. The van der Waals surface area contributed by atoms with Crippen LogP contribution in [0.4, 0.5) is 5.69 Å². The first-order valence-corrected chi connectivity index (χ1v) is 8.94. The van der Waals surface area contributed by atoms with Crippen molar-refractivity contribution in [3.8, 4) is 11.4 Å². The van der Waals surface area contributed by atoms with Gasteiger partial charge in [-0.15, -0.1) is 5.10 Å². The van der Waals surface area contributed by atoms with E-state index in [9.17, 15) is 4.79 Å². The van der Waals surface area contributed by atoms with Gasteiger partial charge in [0, 0.05) is 28.9 Å². The smallest absolute Gasteiger partial charge is 0.227 e. The number of hydrogen-bond donors (Lipinski definition) is 2. The van der Waals surface area contributed by atoms with Crippen LogP contribution in [-0.2, 0) is 4.79 Å². The number of aromatic nitrogens is 4. The van der Waals surface area contributed by atoms with Crippen LogP contribution in [0.15, 0.2) is 30.3 Å². The Balaban J connectivity index is 1.69. The molecular formula is C19H25N5O. The molecule has 0 fully saturated rings. The largest absolute Gasteiger partial charge is 0.326 e. The van der Waals surface area contributed by atoms with E-state index in [1.54, 1.807) is 4.63 Å². The molecule has 0 aliphatic heterocycles. The summed E-state index contributed by atoms with van der Waals surface area (Å²) in [4.78, 5) is 16.9. The standard InChI is InChI=1S/C19H25N5O/c1-4-6-7-14(5-2)19(25)20-16-10-8-15(9-11-16)18-21-17-12-13(3)22-24(17)23-18/h8-12,14,22H,4-7H2,1-3H3,(H,20,25). The summed E-state index contributed by atoms with van der Waals surface area (Å²) in [5.74, 6) is 0.852. The molecule has 6 heteroatoms. The van der Waals surface area contributed by atoms with Crippen molar-refractivity contribution < 1.29 is 4.79 Å². The number of carbonyl (C=O) groups excluding carboxylic acids is 1. The van der Waals surface area contributed by atoms with Gasteiger partial charge in [0.2, 0.25) is 5.91 Å². The first-order chi connectivity index (χ1) is 12.1. The molecule has 0 saturated carbocycles. The second kappa shape index (κ2) is 7.51. The van der Waals surface area contributed by atoms with Crippen molar-refractivity contribution in [1.29, 1.82) is 0 Å². The normalized spacial score (nSPS) is 12.4. The number of fused-ring (bicyclic) bond motifs is 1. The summed E-state index contributed by atoms with van der Waals surface area (Å²) in [5.41, 5.74) is 3.55. The van der Waals surface area contributed by atoms with Gasteiger partial charge in [0.25, 0.3) is 0 Å². The molecule has 0 spiro atoms. The van der Waals surface area contributed by atoms with Crippen LogP contribution in [-0.4, -0.2) is 25.7 Å². The van der Waals surface area contributed by atoms with E-state index < -0.39 is 0 Å². The van der Waals surface area contributed by atoms with Crippen molar-refractivity contribution in [1.82, 2.24) is 19.8 Å². The lowest BCUT2D eigenvalue weighted by Crippen LogP contribution is -2.22. The number of H-pyrrole nitrogens is 1. The van der Waals surface area contributed by atoms with Crippen molar-refractivity contribution >= 4 is 17.2 Å². The zero-order chi connectivity index (χ0) is 17.8. The molecule has 6 nitrogen and oxygen atoms in total. The minimum Gasteiger partial charge on any atom is -0.326 e. The molecule has 25 heavy (non-hydrogen) atoms. The summed E-state index contributed by atoms with van der Waals surface area (Å²) < 4.78 is 1.67. The highest BCUT2D eigenvalue weighted by Crippen LogP contribution is 2.21. The van der Waals surface area contributed by atoms with Crippen LogP contribution in [0.25, 0.3) is 17.0 Å². The van der Waals surface area contributed by atoms with Gasteiger partial charge in [-0.1, -0.05) is 26.7 Å².